The van der Waals surface area contributed by atoms with Gasteiger partial charge in [-0.1, -0.05) is 0 Å². The van der Waals surface area contributed by atoms with E-state index in [2.05, 4.69) is 31.3 Å². The summed E-state index contributed by atoms with van der Waals surface area (Å²) in [5.74, 6) is 5.30. The van der Waals surface area contributed by atoms with Crippen LogP contribution in [0.5, 0.6) is 0 Å². The maximum absolute atomic E-state index is 12.3. The van der Waals surface area contributed by atoms with Crippen LogP contribution >= 0.6 is 27.3 Å². The molecule has 0 unspecified atom stereocenters. The van der Waals surface area contributed by atoms with Crippen LogP contribution in [0.15, 0.2) is 33.2 Å². The normalized spacial score (nSPS) is 11.8. The van der Waals surface area contributed by atoms with Crippen LogP contribution < -0.4 is 11.3 Å². The van der Waals surface area contributed by atoms with Crippen molar-refractivity contribution in [1.82, 2.24) is 14.3 Å². The third kappa shape index (κ3) is 3.33. The first-order valence-corrected chi connectivity index (χ1v) is 8.52. The molecule has 0 fully saturated rings. The summed E-state index contributed by atoms with van der Waals surface area (Å²) in [5.41, 5.74) is 2.24. The molecule has 10 heteroatoms. The Balaban J connectivity index is 2.19. The molecule has 0 saturated heterocycles. The monoisotopic (exact) mass is 377 g/mol. The summed E-state index contributed by atoms with van der Waals surface area (Å²) in [6, 6.07) is 1.88. The first-order chi connectivity index (χ1) is 9.43. The van der Waals surface area contributed by atoms with Gasteiger partial charge in [-0.25, -0.2) is 24.2 Å². The number of hydrogen-bond acceptors (Lipinski definition) is 7. The average molecular weight is 378 g/mol. The van der Waals surface area contributed by atoms with Gasteiger partial charge in [-0.2, -0.15) is 4.31 Å². The lowest BCUT2D eigenvalue weighted by molar-refractivity contribution is 0.469. The summed E-state index contributed by atoms with van der Waals surface area (Å²) in [5, 5.41) is 1.90. The predicted molar refractivity (Wildman–Crippen MR) is 80.5 cm³/mol. The van der Waals surface area contributed by atoms with E-state index in [0.717, 1.165) is 9.35 Å². The molecular weight excluding hydrogens is 366 g/mol. The molecule has 2 heterocycles. The quantitative estimate of drug-likeness (QED) is 0.603. The van der Waals surface area contributed by atoms with E-state index < -0.39 is 10.0 Å². The summed E-state index contributed by atoms with van der Waals surface area (Å²) in [4.78, 5) is 8.56. The van der Waals surface area contributed by atoms with Crippen molar-refractivity contribution in [3.05, 3.63) is 33.2 Å². The highest BCUT2D eigenvalue weighted by Gasteiger charge is 2.22. The number of thiophene rings is 1. The minimum Gasteiger partial charge on any atom is -0.292 e. The largest absolute Gasteiger partial charge is 0.292 e. The average Bonchev–Trinajstić information content (AvgIpc) is 2.84. The van der Waals surface area contributed by atoms with Crippen molar-refractivity contribution in [1.29, 1.82) is 0 Å². The molecule has 0 aliphatic heterocycles. The minimum absolute atomic E-state index is 0.0228. The molecule has 3 N–H and O–H groups in total. The maximum atomic E-state index is 12.3. The van der Waals surface area contributed by atoms with Crippen LogP contribution in [0.1, 0.15) is 4.88 Å². The molecule has 0 aliphatic carbocycles. The van der Waals surface area contributed by atoms with Crippen LogP contribution in [0.3, 0.4) is 0 Å². The predicted octanol–water partition coefficient (Wildman–Crippen LogP) is 1.41. The van der Waals surface area contributed by atoms with Crippen molar-refractivity contribution in [2.24, 2.45) is 5.84 Å². The SMILES string of the molecule is CN(Cc1cc(Br)cs1)S(=O)(=O)c1cnc(NN)nc1. The third-order valence-electron chi connectivity index (χ3n) is 2.47. The van der Waals surface area contributed by atoms with E-state index in [0.29, 0.717) is 0 Å². The Labute approximate surface area is 129 Å². The molecular formula is C10H12BrN5O2S2. The van der Waals surface area contributed by atoms with Gasteiger partial charge in [-0.05, 0) is 22.0 Å². The van der Waals surface area contributed by atoms with E-state index in [1.165, 1.54) is 35.1 Å². The Hall–Kier alpha value is -1.07. The lowest BCUT2D eigenvalue weighted by atomic mass is 10.5. The van der Waals surface area contributed by atoms with Gasteiger partial charge in [-0.15, -0.1) is 11.3 Å². The highest BCUT2D eigenvalue weighted by atomic mass is 79.9. The number of nitrogen functional groups attached to an aromatic ring is 1. The van der Waals surface area contributed by atoms with Gasteiger partial charge in [0.2, 0.25) is 16.0 Å². The van der Waals surface area contributed by atoms with E-state index in [4.69, 9.17) is 5.84 Å². The number of hydrazine groups is 1. The third-order valence-corrected chi connectivity index (χ3v) is 5.90. The van der Waals surface area contributed by atoms with Gasteiger partial charge in [-0.3, -0.25) is 5.43 Å². The lowest BCUT2D eigenvalue weighted by Gasteiger charge is -2.15. The highest BCUT2D eigenvalue weighted by molar-refractivity contribution is 9.10. The van der Waals surface area contributed by atoms with E-state index in [1.807, 2.05) is 11.4 Å². The zero-order valence-electron chi connectivity index (χ0n) is 10.4. The number of aromatic nitrogens is 2. The van der Waals surface area contributed by atoms with Gasteiger partial charge < -0.3 is 0 Å². The second kappa shape index (κ2) is 6.14. The summed E-state index contributed by atoms with van der Waals surface area (Å²) >= 11 is 4.82. The molecule has 0 saturated carbocycles. The van der Waals surface area contributed by atoms with Gasteiger partial charge in [0.1, 0.15) is 4.90 Å². The smallest absolute Gasteiger partial charge is 0.246 e. The number of sulfonamides is 1. The van der Waals surface area contributed by atoms with Gasteiger partial charge in [0.25, 0.3) is 0 Å². The minimum atomic E-state index is -3.62. The lowest BCUT2D eigenvalue weighted by Crippen LogP contribution is -2.26. The van der Waals surface area contributed by atoms with Crippen LogP contribution in [-0.4, -0.2) is 29.7 Å². The molecule has 0 amide bonds. The second-order valence-electron chi connectivity index (χ2n) is 3.88. The fourth-order valence-corrected chi connectivity index (χ4v) is 4.07. The summed E-state index contributed by atoms with van der Waals surface area (Å²) in [6.07, 6.45) is 2.44. The Morgan fingerprint density at radius 3 is 2.60 bits per heavy atom. The number of nitrogens with zero attached hydrogens (tertiary/aromatic N) is 3. The fraction of sp³-hybridized carbons (Fsp3) is 0.200. The van der Waals surface area contributed by atoms with E-state index in [9.17, 15) is 8.42 Å². The second-order valence-corrected chi connectivity index (χ2v) is 7.84. The molecule has 7 nitrogen and oxygen atoms in total. The molecule has 0 aliphatic rings. The summed E-state index contributed by atoms with van der Waals surface area (Å²) < 4.78 is 26.8. The highest BCUT2D eigenvalue weighted by Crippen LogP contribution is 2.23. The number of hydrogen-bond donors (Lipinski definition) is 2. The molecule has 108 valence electrons. The number of rotatable bonds is 5. The zero-order valence-corrected chi connectivity index (χ0v) is 13.7. The zero-order chi connectivity index (χ0) is 14.8. The number of nitrogens with one attached hydrogen (secondary N) is 1. The Morgan fingerprint density at radius 2 is 2.10 bits per heavy atom. The maximum Gasteiger partial charge on any atom is 0.246 e. The molecule has 0 bridgehead atoms. The molecule has 2 aromatic heterocycles. The van der Waals surface area contributed by atoms with Crippen molar-refractivity contribution in [2.75, 3.05) is 12.5 Å². The first-order valence-electron chi connectivity index (χ1n) is 5.41. The van der Waals surface area contributed by atoms with Crippen molar-refractivity contribution < 1.29 is 8.42 Å². The Kier molecular flexibility index (Phi) is 4.70. The van der Waals surface area contributed by atoms with Crippen LogP contribution in [0.4, 0.5) is 5.95 Å². The molecule has 0 aromatic carbocycles. The van der Waals surface area contributed by atoms with E-state index in [-0.39, 0.29) is 17.4 Å². The van der Waals surface area contributed by atoms with Crippen LogP contribution in [0.2, 0.25) is 0 Å². The Bertz CT molecular complexity index is 686. The van der Waals surface area contributed by atoms with Gasteiger partial charge in [0.05, 0.1) is 12.4 Å². The molecule has 0 atom stereocenters. The van der Waals surface area contributed by atoms with Crippen LogP contribution in [0, 0.1) is 0 Å². The first kappa shape index (κ1) is 15.3. The number of anilines is 1. The standard InChI is InChI=1S/C10H12BrN5O2S2/c1-16(5-8-2-7(11)6-19-8)20(17,18)9-3-13-10(15-12)14-4-9/h2-4,6H,5,12H2,1H3,(H,13,14,15). The van der Waals surface area contributed by atoms with Crippen LogP contribution in [0.25, 0.3) is 0 Å². The molecule has 2 aromatic rings. The van der Waals surface area contributed by atoms with Crippen molar-refractivity contribution in [2.45, 2.75) is 11.4 Å². The van der Waals surface area contributed by atoms with Gasteiger partial charge in [0.15, 0.2) is 0 Å². The van der Waals surface area contributed by atoms with Crippen molar-refractivity contribution >= 4 is 43.2 Å². The summed E-state index contributed by atoms with van der Waals surface area (Å²) in [6.45, 7) is 0.287. The van der Waals surface area contributed by atoms with Crippen LogP contribution in [-0.2, 0) is 16.6 Å². The van der Waals surface area contributed by atoms with Gasteiger partial charge >= 0.3 is 0 Å². The van der Waals surface area contributed by atoms with E-state index >= 15 is 0 Å². The van der Waals surface area contributed by atoms with Crippen molar-refractivity contribution in [3.63, 3.8) is 0 Å². The molecule has 2 rings (SSSR count). The molecule has 20 heavy (non-hydrogen) atoms. The fourth-order valence-electron chi connectivity index (χ4n) is 1.45. The number of halogens is 1. The number of nitrogens with two attached hydrogens (primary N) is 1. The van der Waals surface area contributed by atoms with E-state index in [1.54, 1.807) is 0 Å². The molecule has 0 radical (unpaired) electrons. The van der Waals surface area contributed by atoms with Crippen molar-refractivity contribution in [3.8, 4) is 0 Å². The Morgan fingerprint density at radius 1 is 1.45 bits per heavy atom. The summed E-state index contributed by atoms with van der Waals surface area (Å²) in [7, 11) is -2.11. The van der Waals surface area contributed by atoms with Gasteiger partial charge in [0, 0.05) is 28.3 Å². The topological polar surface area (TPSA) is 101 Å². The molecule has 0 spiro atoms.